The van der Waals surface area contributed by atoms with Crippen LogP contribution in [0.4, 0.5) is 0 Å². The van der Waals surface area contributed by atoms with Gasteiger partial charge in [-0.3, -0.25) is 4.99 Å². The molecular weight excluding hydrogens is 300 g/mol. The Bertz CT molecular complexity index is 666. The predicted molar refractivity (Wildman–Crippen MR) is 99.9 cm³/mol. The summed E-state index contributed by atoms with van der Waals surface area (Å²) in [6.45, 7) is 5.38. The molecule has 1 heterocycles. The molecule has 0 aliphatic carbocycles. The van der Waals surface area contributed by atoms with Gasteiger partial charge in [-0.05, 0) is 30.8 Å². The standard InChI is InChI=1S/C19H26N4O/c1-2-8-17-16(6-1)7-3-9-18(17)24-15-14-20-10-4-11-21-19-22-12-5-13-23-19/h1-3,6-9,20H,4-5,10-15H2,(H2,21,22,23). The van der Waals surface area contributed by atoms with Crippen LogP contribution in [0.25, 0.3) is 10.8 Å². The Kier molecular flexibility index (Phi) is 6.31. The molecule has 0 bridgehead atoms. The van der Waals surface area contributed by atoms with Crippen LogP contribution in [0.5, 0.6) is 5.75 Å². The van der Waals surface area contributed by atoms with Gasteiger partial charge in [0, 0.05) is 31.6 Å². The van der Waals surface area contributed by atoms with E-state index < -0.39 is 0 Å². The van der Waals surface area contributed by atoms with Crippen molar-refractivity contribution in [1.82, 2.24) is 16.0 Å². The van der Waals surface area contributed by atoms with E-state index in [1.807, 2.05) is 18.2 Å². The second-order valence-corrected chi connectivity index (χ2v) is 5.87. The number of hydrogen-bond donors (Lipinski definition) is 3. The van der Waals surface area contributed by atoms with Crippen LogP contribution < -0.4 is 20.7 Å². The maximum absolute atomic E-state index is 5.91. The number of fused-ring (bicyclic) bond motifs is 1. The van der Waals surface area contributed by atoms with Crippen LogP contribution in [-0.4, -0.2) is 45.3 Å². The Labute approximate surface area is 143 Å². The first kappa shape index (κ1) is 16.6. The molecule has 2 aromatic carbocycles. The molecule has 5 heteroatoms. The molecule has 0 atom stereocenters. The Morgan fingerprint density at radius 1 is 1.04 bits per heavy atom. The van der Waals surface area contributed by atoms with Gasteiger partial charge in [0.05, 0.1) is 0 Å². The van der Waals surface area contributed by atoms with Crippen molar-refractivity contribution in [3.8, 4) is 5.75 Å². The van der Waals surface area contributed by atoms with Crippen LogP contribution in [0.1, 0.15) is 12.8 Å². The number of benzene rings is 2. The quantitative estimate of drug-likeness (QED) is 0.651. The molecule has 0 amide bonds. The van der Waals surface area contributed by atoms with Crippen molar-refractivity contribution in [2.45, 2.75) is 12.8 Å². The van der Waals surface area contributed by atoms with Crippen LogP contribution in [0.2, 0.25) is 0 Å². The fourth-order valence-electron chi connectivity index (χ4n) is 2.75. The van der Waals surface area contributed by atoms with Gasteiger partial charge in [0.25, 0.3) is 0 Å². The molecule has 1 aliphatic heterocycles. The minimum absolute atomic E-state index is 0.676. The first-order valence-electron chi connectivity index (χ1n) is 8.77. The lowest BCUT2D eigenvalue weighted by atomic mass is 10.1. The lowest BCUT2D eigenvalue weighted by Crippen LogP contribution is -2.41. The van der Waals surface area contributed by atoms with Gasteiger partial charge in [-0.2, -0.15) is 0 Å². The van der Waals surface area contributed by atoms with Crippen molar-refractivity contribution in [3.63, 3.8) is 0 Å². The van der Waals surface area contributed by atoms with Gasteiger partial charge in [-0.1, -0.05) is 36.4 Å². The Hall–Kier alpha value is -2.27. The van der Waals surface area contributed by atoms with E-state index in [4.69, 9.17) is 4.74 Å². The molecule has 3 rings (SSSR count). The van der Waals surface area contributed by atoms with Gasteiger partial charge in [-0.15, -0.1) is 0 Å². The maximum atomic E-state index is 5.91. The van der Waals surface area contributed by atoms with Crippen LogP contribution in [0.3, 0.4) is 0 Å². The van der Waals surface area contributed by atoms with E-state index in [2.05, 4.69) is 45.2 Å². The average Bonchev–Trinajstić information content (AvgIpc) is 2.65. The van der Waals surface area contributed by atoms with E-state index in [0.717, 1.165) is 57.3 Å². The molecule has 0 aromatic heterocycles. The molecule has 0 fully saturated rings. The molecule has 1 aliphatic rings. The molecule has 24 heavy (non-hydrogen) atoms. The number of ether oxygens (including phenoxy) is 1. The lowest BCUT2D eigenvalue weighted by Gasteiger charge is -2.16. The molecule has 0 radical (unpaired) electrons. The highest BCUT2D eigenvalue weighted by Gasteiger charge is 2.02. The average molecular weight is 326 g/mol. The van der Waals surface area contributed by atoms with Crippen LogP contribution in [0, 0.1) is 0 Å². The van der Waals surface area contributed by atoms with Gasteiger partial charge in [-0.25, -0.2) is 0 Å². The Morgan fingerprint density at radius 3 is 2.88 bits per heavy atom. The first-order valence-corrected chi connectivity index (χ1v) is 8.77. The normalized spacial score (nSPS) is 14.1. The van der Waals surface area contributed by atoms with Crippen LogP contribution >= 0.6 is 0 Å². The molecular formula is C19H26N4O. The summed E-state index contributed by atoms with van der Waals surface area (Å²) in [5, 5.41) is 12.4. The fraction of sp³-hybridized carbons (Fsp3) is 0.421. The smallest absolute Gasteiger partial charge is 0.191 e. The number of guanidine groups is 1. The van der Waals surface area contributed by atoms with Gasteiger partial charge in [0.2, 0.25) is 0 Å². The minimum Gasteiger partial charge on any atom is -0.492 e. The number of rotatable bonds is 8. The van der Waals surface area contributed by atoms with Gasteiger partial charge < -0.3 is 20.7 Å². The fourth-order valence-corrected chi connectivity index (χ4v) is 2.75. The second-order valence-electron chi connectivity index (χ2n) is 5.87. The molecule has 2 aromatic rings. The highest BCUT2D eigenvalue weighted by atomic mass is 16.5. The Balaban J connectivity index is 1.29. The number of hydrogen-bond acceptors (Lipinski definition) is 5. The molecule has 0 saturated carbocycles. The highest BCUT2D eigenvalue weighted by molar-refractivity contribution is 5.88. The highest BCUT2D eigenvalue weighted by Crippen LogP contribution is 2.24. The zero-order valence-corrected chi connectivity index (χ0v) is 14.1. The van der Waals surface area contributed by atoms with Crippen molar-refractivity contribution in [3.05, 3.63) is 42.5 Å². The number of aliphatic imine (C=N–C) groups is 1. The summed E-state index contributed by atoms with van der Waals surface area (Å²) in [6.07, 6.45) is 2.19. The third-order valence-corrected chi connectivity index (χ3v) is 4.01. The number of nitrogens with one attached hydrogen (secondary N) is 3. The summed E-state index contributed by atoms with van der Waals surface area (Å²) >= 11 is 0. The molecule has 128 valence electrons. The summed E-state index contributed by atoms with van der Waals surface area (Å²) < 4.78 is 5.91. The second kappa shape index (κ2) is 9.13. The van der Waals surface area contributed by atoms with Crippen molar-refractivity contribution in [1.29, 1.82) is 0 Å². The predicted octanol–water partition coefficient (Wildman–Crippen LogP) is 2.14. The van der Waals surface area contributed by atoms with Gasteiger partial charge in [0.1, 0.15) is 12.4 Å². The van der Waals surface area contributed by atoms with Gasteiger partial charge >= 0.3 is 0 Å². The summed E-state index contributed by atoms with van der Waals surface area (Å²) in [5.41, 5.74) is 0. The van der Waals surface area contributed by atoms with E-state index in [1.54, 1.807) is 0 Å². The monoisotopic (exact) mass is 326 g/mol. The lowest BCUT2D eigenvalue weighted by molar-refractivity contribution is 0.317. The van der Waals surface area contributed by atoms with E-state index >= 15 is 0 Å². The van der Waals surface area contributed by atoms with Crippen molar-refractivity contribution >= 4 is 16.7 Å². The van der Waals surface area contributed by atoms with Crippen LogP contribution in [0.15, 0.2) is 47.5 Å². The zero-order valence-electron chi connectivity index (χ0n) is 14.1. The maximum Gasteiger partial charge on any atom is 0.191 e. The molecule has 0 spiro atoms. The summed E-state index contributed by atoms with van der Waals surface area (Å²) in [4.78, 5) is 4.39. The topological polar surface area (TPSA) is 57.7 Å². The SMILES string of the molecule is c1ccc2c(OCCNCCCNC3=NCCCN3)cccc2c1. The van der Waals surface area contributed by atoms with Crippen molar-refractivity contribution in [2.75, 3.05) is 39.3 Å². The minimum atomic E-state index is 0.676. The zero-order chi connectivity index (χ0) is 16.5. The van der Waals surface area contributed by atoms with E-state index in [9.17, 15) is 0 Å². The Morgan fingerprint density at radius 2 is 1.96 bits per heavy atom. The summed E-state index contributed by atoms with van der Waals surface area (Å²) in [5.74, 6) is 1.90. The van der Waals surface area contributed by atoms with Crippen molar-refractivity contribution in [2.24, 2.45) is 4.99 Å². The molecule has 3 N–H and O–H groups in total. The summed E-state index contributed by atoms with van der Waals surface area (Å²) in [7, 11) is 0. The van der Waals surface area contributed by atoms with Crippen molar-refractivity contribution < 1.29 is 4.74 Å². The largest absolute Gasteiger partial charge is 0.492 e. The van der Waals surface area contributed by atoms with E-state index in [-0.39, 0.29) is 0 Å². The molecule has 5 nitrogen and oxygen atoms in total. The van der Waals surface area contributed by atoms with E-state index in [0.29, 0.717) is 6.61 Å². The number of nitrogens with zero attached hydrogens (tertiary/aromatic N) is 1. The van der Waals surface area contributed by atoms with Crippen LogP contribution in [-0.2, 0) is 0 Å². The van der Waals surface area contributed by atoms with E-state index in [1.165, 1.54) is 10.8 Å². The third-order valence-electron chi connectivity index (χ3n) is 4.01. The summed E-state index contributed by atoms with van der Waals surface area (Å²) in [6, 6.07) is 14.5. The van der Waals surface area contributed by atoms with Gasteiger partial charge in [0.15, 0.2) is 5.96 Å². The third kappa shape index (κ3) is 4.86. The molecule has 0 unspecified atom stereocenters. The molecule has 0 saturated heterocycles. The first-order chi connectivity index (χ1) is 11.9.